The second-order valence-corrected chi connectivity index (χ2v) is 6.03. The van der Waals surface area contributed by atoms with Crippen molar-refractivity contribution in [2.24, 2.45) is 5.92 Å². The fraction of sp³-hybridized carbons (Fsp3) is 0.625. The maximum atomic E-state index is 3.58. The van der Waals surface area contributed by atoms with E-state index in [1.165, 1.54) is 44.5 Å². The number of hydrogen-bond acceptors (Lipinski definition) is 2. The van der Waals surface area contributed by atoms with Gasteiger partial charge in [0.15, 0.2) is 0 Å². The molecule has 1 aliphatic heterocycles. The van der Waals surface area contributed by atoms with E-state index in [0.717, 1.165) is 12.5 Å². The first-order valence-electron chi connectivity index (χ1n) is 7.29. The molecule has 0 radical (unpaired) electrons. The summed E-state index contributed by atoms with van der Waals surface area (Å²) < 4.78 is 0. The van der Waals surface area contributed by atoms with Gasteiger partial charge in [0.25, 0.3) is 0 Å². The van der Waals surface area contributed by atoms with Crippen LogP contribution >= 0.6 is 0 Å². The van der Waals surface area contributed by atoms with E-state index < -0.39 is 0 Å². The molecule has 0 spiro atoms. The van der Waals surface area contributed by atoms with Gasteiger partial charge in [-0.3, -0.25) is 4.90 Å². The van der Waals surface area contributed by atoms with Crippen molar-refractivity contribution in [3.63, 3.8) is 0 Å². The monoisotopic (exact) mass is 244 g/mol. The average molecular weight is 244 g/mol. The van der Waals surface area contributed by atoms with Crippen LogP contribution in [0.2, 0.25) is 0 Å². The summed E-state index contributed by atoms with van der Waals surface area (Å²) in [4.78, 5) is 2.73. The third-order valence-corrected chi connectivity index (χ3v) is 4.73. The number of nitrogens with one attached hydrogen (secondary N) is 1. The standard InChI is InChI=1S/C16H24N2/c1-16(15-7-8-15)13-17-10-12-18(16)11-9-14-5-3-2-4-6-14/h2-6,15,17H,7-13H2,1H3. The molecule has 2 heteroatoms. The van der Waals surface area contributed by atoms with Gasteiger partial charge >= 0.3 is 0 Å². The Bertz CT molecular complexity index is 385. The molecule has 0 bridgehead atoms. The molecule has 1 saturated heterocycles. The number of nitrogens with zero attached hydrogens (tertiary/aromatic N) is 1. The number of benzene rings is 1. The summed E-state index contributed by atoms with van der Waals surface area (Å²) >= 11 is 0. The van der Waals surface area contributed by atoms with Crippen LogP contribution in [-0.2, 0) is 6.42 Å². The molecule has 2 fully saturated rings. The van der Waals surface area contributed by atoms with Crippen LogP contribution in [0.5, 0.6) is 0 Å². The molecule has 1 saturated carbocycles. The van der Waals surface area contributed by atoms with Crippen molar-refractivity contribution in [2.45, 2.75) is 31.7 Å². The van der Waals surface area contributed by atoms with Gasteiger partial charge in [0.2, 0.25) is 0 Å². The lowest BCUT2D eigenvalue weighted by atomic mass is 9.90. The average Bonchev–Trinajstić information content (AvgIpc) is 3.24. The first-order chi connectivity index (χ1) is 8.79. The molecule has 0 amide bonds. The van der Waals surface area contributed by atoms with Crippen LogP contribution in [0.4, 0.5) is 0 Å². The van der Waals surface area contributed by atoms with E-state index in [1.54, 1.807) is 0 Å². The summed E-state index contributed by atoms with van der Waals surface area (Å²) in [5, 5.41) is 3.58. The first kappa shape index (κ1) is 12.2. The Kier molecular flexibility index (Phi) is 3.40. The van der Waals surface area contributed by atoms with E-state index in [2.05, 4.69) is 47.5 Å². The largest absolute Gasteiger partial charge is 0.314 e. The molecule has 1 heterocycles. The molecule has 1 atom stereocenters. The van der Waals surface area contributed by atoms with Gasteiger partial charge in [-0.15, -0.1) is 0 Å². The van der Waals surface area contributed by atoms with Crippen molar-refractivity contribution >= 4 is 0 Å². The van der Waals surface area contributed by atoms with E-state index in [-0.39, 0.29) is 0 Å². The fourth-order valence-corrected chi connectivity index (χ4v) is 3.31. The third kappa shape index (κ3) is 2.45. The van der Waals surface area contributed by atoms with Crippen molar-refractivity contribution in [1.82, 2.24) is 10.2 Å². The minimum Gasteiger partial charge on any atom is -0.314 e. The van der Waals surface area contributed by atoms with Gasteiger partial charge in [0, 0.05) is 31.7 Å². The summed E-state index contributed by atoms with van der Waals surface area (Å²) in [6, 6.07) is 10.9. The normalized spacial score (nSPS) is 29.4. The second kappa shape index (κ2) is 5.02. The Morgan fingerprint density at radius 2 is 2.06 bits per heavy atom. The van der Waals surface area contributed by atoms with Crippen LogP contribution < -0.4 is 5.32 Å². The van der Waals surface area contributed by atoms with Crippen molar-refractivity contribution in [3.05, 3.63) is 35.9 Å². The molecule has 1 aromatic carbocycles. The molecule has 3 rings (SSSR count). The lowest BCUT2D eigenvalue weighted by molar-refractivity contribution is 0.0571. The van der Waals surface area contributed by atoms with Crippen LogP contribution in [0.1, 0.15) is 25.3 Å². The molecule has 2 aliphatic rings. The molecular formula is C16H24N2. The molecular weight excluding hydrogens is 220 g/mol. The Labute approximate surface area is 110 Å². The molecule has 18 heavy (non-hydrogen) atoms. The van der Waals surface area contributed by atoms with Gasteiger partial charge in [0.05, 0.1) is 0 Å². The Morgan fingerprint density at radius 1 is 1.28 bits per heavy atom. The molecule has 0 aromatic heterocycles. The van der Waals surface area contributed by atoms with E-state index >= 15 is 0 Å². The predicted octanol–water partition coefficient (Wildman–Crippen LogP) is 2.30. The first-order valence-corrected chi connectivity index (χ1v) is 7.29. The van der Waals surface area contributed by atoms with Crippen LogP contribution in [0.3, 0.4) is 0 Å². The van der Waals surface area contributed by atoms with Gasteiger partial charge in [0.1, 0.15) is 0 Å². The highest BCUT2D eigenvalue weighted by molar-refractivity contribution is 5.15. The quantitative estimate of drug-likeness (QED) is 0.874. The summed E-state index contributed by atoms with van der Waals surface area (Å²) in [7, 11) is 0. The zero-order valence-corrected chi connectivity index (χ0v) is 11.4. The molecule has 1 aliphatic carbocycles. The van der Waals surface area contributed by atoms with Gasteiger partial charge in [-0.25, -0.2) is 0 Å². The highest BCUT2D eigenvalue weighted by Gasteiger charge is 2.46. The summed E-state index contributed by atoms with van der Waals surface area (Å²) in [5.74, 6) is 0.932. The topological polar surface area (TPSA) is 15.3 Å². The zero-order chi connectivity index (χ0) is 12.4. The van der Waals surface area contributed by atoms with Crippen molar-refractivity contribution in [1.29, 1.82) is 0 Å². The zero-order valence-electron chi connectivity index (χ0n) is 11.4. The third-order valence-electron chi connectivity index (χ3n) is 4.73. The van der Waals surface area contributed by atoms with Crippen LogP contribution in [0.25, 0.3) is 0 Å². The minimum absolute atomic E-state index is 0.410. The van der Waals surface area contributed by atoms with Crippen molar-refractivity contribution < 1.29 is 0 Å². The summed E-state index contributed by atoms with van der Waals surface area (Å²) in [6.07, 6.45) is 4.04. The highest BCUT2D eigenvalue weighted by atomic mass is 15.3. The SMILES string of the molecule is CC1(C2CC2)CNCCN1CCc1ccccc1. The summed E-state index contributed by atoms with van der Waals surface area (Å²) in [6.45, 7) is 7.20. The molecule has 1 unspecified atom stereocenters. The molecule has 2 nitrogen and oxygen atoms in total. The fourth-order valence-electron chi connectivity index (χ4n) is 3.31. The lowest BCUT2D eigenvalue weighted by Gasteiger charge is -2.46. The smallest absolute Gasteiger partial charge is 0.0334 e. The molecule has 1 aromatic rings. The Hall–Kier alpha value is -0.860. The van der Waals surface area contributed by atoms with Crippen molar-refractivity contribution in [3.8, 4) is 0 Å². The number of hydrogen-bond donors (Lipinski definition) is 1. The van der Waals surface area contributed by atoms with Crippen LogP contribution in [0, 0.1) is 5.92 Å². The number of piperazine rings is 1. The lowest BCUT2D eigenvalue weighted by Crippen LogP contribution is -2.61. The van der Waals surface area contributed by atoms with Crippen LogP contribution in [-0.4, -0.2) is 36.6 Å². The Morgan fingerprint density at radius 3 is 2.78 bits per heavy atom. The van der Waals surface area contributed by atoms with E-state index in [4.69, 9.17) is 0 Å². The van der Waals surface area contributed by atoms with E-state index in [0.29, 0.717) is 5.54 Å². The summed E-state index contributed by atoms with van der Waals surface area (Å²) in [5.41, 5.74) is 1.88. The molecule has 1 N–H and O–H groups in total. The van der Waals surface area contributed by atoms with Crippen molar-refractivity contribution in [2.75, 3.05) is 26.2 Å². The molecule has 98 valence electrons. The van der Waals surface area contributed by atoms with E-state index in [9.17, 15) is 0 Å². The van der Waals surface area contributed by atoms with Gasteiger partial charge in [-0.05, 0) is 37.7 Å². The Balaban J connectivity index is 1.63. The van der Waals surface area contributed by atoms with Crippen LogP contribution in [0.15, 0.2) is 30.3 Å². The number of rotatable bonds is 4. The van der Waals surface area contributed by atoms with E-state index in [1.807, 2.05) is 0 Å². The van der Waals surface area contributed by atoms with Gasteiger partial charge < -0.3 is 5.32 Å². The second-order valence-electron chi connectivity index (χ2n) is 6.03. The minimum atomic E-state index is 0.410. The highest BCUT2D eigenvalue weighted by Crippen LogP contribution is 2.43. The van der Waals surface area contributed by atoms with Gasteiger partial charge in [-0.2, -0.15) is 0 Å². The maximum Gasteiger partial charge on any atom is 0.0334 e. The predicted molar refractivity (Wildman–Crippen MR) is 75.7 cm³/mol. The maximum absolute atomic E-state index is 3.58. The van der Waals surface area contributed by atoms with Gasteiger partial charge in [-0.1, -0.05) is 30.3 Å².